The van der Waals surface area contributed by atoms with Crippen molar-refractivity contribution < 1.29 is 60.2 Å². The third kappa shape index (κ3) is 13.8. The number of ether oxygens (including phenoxy) is 2. The topological polar surface area (TPSA) is 218 Å². The number of hydrogen-bond donors (Lipinski definition) is 9. The fourth-order valence-electron chi connectivity index (χ4n) is 4.09. The largest absolute Gasteiger partial charge is 0.461 e. The molecule has 0 saturated carbocycles. The first kappa shape index (κ1) is 39.1. The van der Waals surface area contributed by atoms with Crippen LogP contribution in [-0.2, 0) is 14.3 Å². The van der Waals surface area contributed by atoms with Crippen LogP contribution in [0.25, 0.3) is 0 Å². The quantitative estimate of drug-likeness (QED) is 0.0362. The molecule has 0 amide bonds. The molecular weight excluding hydrogens is 528 g/mol. The molecule has 0 aromatic carbocycles. The Hall–Kier alpha value is -0.930. The summed E-state index contributed by atoms with van der Waals surface area (Å²) in [6.07, 6.45) is 13.3. The molecule has 0 atom stereocenters. The van der Waals surface area contributed by atoms with Crippen LogP contribution < -0.4 is 0 Å². The van der Waals surface area contributed by atoms with E-state index in [-0.39, 0.29) is 13.0 Å². The first-order valence-corrected chi connectivity index (χ1v) is 14.6. The van der Waals surface area contributed by atoms with Crippen LogP contribution in [0, 0.1) is 10.8 Å². The van der Waals surface area contributed by atoms with E-state index in [0.29, 0.717) is 6.42 Å². The predicted octanol–water partition coefficient (Wildman–Crippen LogP) is 0.324. The first-order valence-electron chi connectivity index (χ1n) is 14.6. The lowest BCUT2D eigenvalue weighted by Crippen LogP contribution is -2.60. The Bertz CT molecular complexity index is 625. The fraction of sp³-hybridized carbons (Fsp3) is 0.964. The molecule has 0 rings (SSSR count). The van der Waals surface area contributed by atoms with Gasteiger partial charge in [0, 0.05) is 6.42 Å². The van der Waals surface area contributed by atoms with E-state index in [1.165, 1.54) is 44.9 Å². The normalized spacial score (nSPS) is 13.2. The number of esters is 1. The van der Waals surface area contributed by atoms with Gasteiger partial charge in [-0.2, -0.15) is 0 Å². The highest BCUT2D eigenvalue weighted by molar-refractivity contribution is 5.78. The van der Waals surface area contributed by atoms with E-state index in [4.69, 9.17) is 9.47 Å². The van der Waals surface area contributed by atoms with E-state index in [1.807, 2.05) is 0 Å². The maximum atomic E-state index is 12.4. The van der Waals surface area contributed by atoms with E-state index in [0.717, 1.165) is 25.7 Å². The van der Waals surface area contributed by atoms with Crippen LogP contribution in [-0.4, -0.2) is 116 Å². The first-order chi connectivity index (χ1) is 18.9. The van der Waals surface area contributed by atoms with Crippen molar-refractivity contribution in [1.82, 2.24) is 0 Å². The van der Waals surface area contributed by atoms with Gasteiger partial charge in [-0.1, -0.05) is 84.0 Å². The molecule has 0 aliphatic rings. The van der Waals surface area contributed by atoms with Crippen molar-refractivity contribution in [3.8, 4) is 0 Å². The van der Waals surface area contributed by atoms with Gasteiger partial charge >= 0.3 is 11.8 Å². The van der Waals surface area contributed by atoms with Gasteiger partial charge in [-0.15, -0.1) is 0 Å². The zero-order valence-corrected chi connectivity index (χ0v) is 24.3. The number of aliphatic hydroxyl groups excluding tert-OH is 5. The lowest BCUT2D eigenvalue weighted by atomic mass is 9.90. The monoisotopic (exact) mass is 584 g/mol. The molecule has 0 aliphatic heterocycles. The molecule has 0 fully saturated rings. The molecule has 0 bridgehead atoms. The minimum Gasteiger partial charge on any atom is -0.461 e. The average molecular weight is 585 g/mol. The smallest absolute Gasteiger partial charge is 0.372 e. The van der Waals surface area contributed by atoms with Gasteiger partial charge in [-0.3, -0.25) is 0 Å². The van der Waals surface area contributed by atoms with Gasteiger partial charge in [0.25, 0.3) is 0 Å². The van der Waals surface area contributed by atoms with Gasteiger partial charge in [0.15, 0.2) is 0 Å². The standard InChI is InChI=1S/C28H56O12/c1-2-3-4-5-6-7-8-9-10-11-12-13-14-15-27(35,36)28(37,38)24(34)40-23-26(19-32,20-33)22-39-21-25(16-29,17-30)18-31/h29-33,35-38H,2-23H2,1H3. The van der Waals surface area contributed by atoms with Crippen LogP contribution in [0.4, 0.5) is 0 Å². The highest BCUT2D eigenvalue weighted by Gasteiger charge is 2.55. The molecule has 40 heavy (non-hydrogen) atoms. The van der Waals surface area contributed by atoms with Crippen molar-refractivity contribution in [2.45, 2.75) is 108 Å². The number of rotatable bonds is 27. The second-order valence-electron chi connectivity index (χ2n) is 11.3. The molecule has 0 aromatic heterocycles. The summed E-state index contributed by atoms with van der Waals surface area (Å²) >= 11 is 0. The van der Waals surface area contributed by atoms with Crippen molar-refractivity contribution in [3.63, 3.8) is 0 Å². The molecule has 0 aliphatic carbocycles. The number of carbonyl (C=O) groups excluding carboxylic acids is 1. The molecule has 0 spiro atoms. The van der Waals surface area contributed by atoms with E-state index >= 15 is 0 Å². The summed E-state index contributed by atoms with van der Waals surface area (Å²) in [5, 5.41) is 88.3. The zero-order chi connectivity index (χ0) is 30.5. The van der Waals surface area contributed by atoms with E-state index < -0.39 is 81.0 Å². The Kier molecular flexibility index (Phi) is 20.4. The lowest BCUT2D eigenvalue weighted by molar-refractivity contribution is -0.348. The van der Waals surface area contributed by atoms with E-state index in [1.54, 1.807) is 0 Å². The van der Waals surface area contributed by atoms with E-state index in [9.17, 15) is 50.8 Å². The van der Waals surface area contributed by atoms with Crippen molar-refractivity contribution in [2.75, 3.05) is 52.9 Å². The van der Waals surface area contributed by atoms with Gasteiger partial charge in [0.2, 0.25) is 5.79 Å². The average Bonchev–Trinajstić information content (AvgIpc) is 2.95. The van der Waals surface area contributed by atoms with Crippen molar-refractivity contribution >= 4 is 5.97 Å². The summed E-state index contributed by atoms with van der Waals surface area (Å²) < 4.78 is 10.1. The molecule has 0 aromatic rings. The van der Waals surface area contributed by atoms with Crippen molar-refractivity contribution in [2.24, 2.45) is 10.8 Å². The molecule has 9 N–H and O–H groups in total. The summed E-state index contributed by atoms with van der Waals surface area (Å²) in [7, 11) is 0. The number of hydrogen-bond acceptors (Lipinski definition) is 12. The molecule has 0 unspecified atom stereocenters. The molecule has 0 radical (unpaired) electrons. The molecule has 0 saturated heterocycles. The molecule has 12 nitrogen and oxygen atoms in total. The van der Waals surface area contributed by atoms with Crippen LogP contribution in [0.2, 0.25) is 0 Å². The maximum Gasteiger partial charge on any atom is 0.372 e. The second kappa shape index (κ2) is 20.9. The lowest BCUT2D eigenvalue weighted by Gasteiger charge is -2.35. The third-order valence-electron chi connectivity index (χ3n) is 7.47. The Morgan fingerprint density at radius 3 is 1.32 bits per heavy atom. The van der Waals surface area contributed by atoms with Crippen LogP contribution in [0.1, 0.15) is 96.8 Å². The predicted molar refractivity (Wildman–Crippen MR) is 147 cm³/mol. The van der Waals surface area contributed by atoms with Gasteiger partial charge in [0.1, 0.15) is 6.61 Å². The summed E-state index contributed by atoms with van der Waals surface area (Å²) in [5.41, 5.74) is -3.00. The van der Waals surface area contributed by atoms with Gasteiger partial charge < -0.3 is 55.4 Å². The maximum absolute atomic E-state index is 12.4. The Morgan fingerprint density at radius 1 is 0.550 bits per heavy atom. The Balaban J connectivity index is 4.51. The second-order valence-corrected chi connectivity index (χ2v) is 11.3. The minimum atomic E-state index is -3.67. The fourth-order valence-corrected chi connectivity index (χ4v) is 4.09. The van der Waals surface area contributed by atoms with Crippen molar-refractivity contribution in [1.29, 1.82) is 0 Å². The minimum absolute atomic E-state index is 0.230. The summed E-state index contributed by atoms with van der Waals surface area (Å²) in [5.74, 6) is -8.64. The third-order valence-corrected chi connectivity index (χ3v) is 7.47. The zero-order valence-electron chi connectivity index (χ0n) is 24.3. The number of aliphatic hydroxyl groups is 9. The molecule has 12 heteroatoms. The summed E-state index contributed by atoms with van der Waals surface area (Å²) in [6, 6.07) is 0. The van der Waals surface area contributed by atoms with Gasteiger partial charge in [-0.05, 0) is 6.42 Å². The molecule has 240 valence electrons. The van der Waals surface area contributed by atoms with Gasteiger partial charge in [-0.25, -0.2) is 4.79 Å². The summed E-state index contributed by atoms with van der Waals surface area (Å²) in [6.45, 7) is -2.74. The van der Waals surface area contributed by atoms with Crippen LogP contribution in [0.5, 0.6) is 0 Å². The highest BCUT2D eigenvalue weighted by atomic mass is 16.6. The summed E-state index contributed by atoms with van der Waals surface area (Å²) in [4.78, 5) is 12.4. The molecule has 0 heterocycles. The van der Waals surface area contributed by atoms with Crippen molar-refractivity contribution in [3.05, 3.63) is 0 Å². The highest BCUT2D eigenvalue weighted by Crippen LogP contribution is 2.27. The van der Waals surface area contributed by atoms with Crippen LogP contribution in [0.3, 0.4) is 0 Å². The Morgan fingerprint density at radius 2 is 0.925 bits per heavy atom. The van der Waals surface area contributed by atoms with E-state index in [2.05, 4.69) is 6.92 Å². The van der Waals surface area contributed by atoms with Gasteiger partial charge in [0.05, 0.1) is 57.1 Å². The van der Waals surface area contributed by atoms with Crippen LogP contribution >= 0.6 is 0 Å². The number of unbranched alkanes of at least 4 members (excludes halogenated alkanes) is 12. The Labute approximate surface area is 238 Å². The number of carbonyl (C=O) groups is 1. The SMILES string of the molecule is CCCCCCCCCCCCCCCC(O)(O)C(O)(O)C(=O)OCC(CO)(CO)COCC(CO)(CO)CO. The van der Waals surface area contributed by atoms with Crippen LogP contribution in [0.15, 0.2) is 0 Å². The molecular formula is C28H56O12.